The van der Waals surface area contributed by atoms with Crippen LogP contribution in [-0.2, 0) is 6.54 Å². The molecule has 1 atom stereocenters. The summed E-state index contributed by atoms with van der Waals surface area (Å²) < 4.78 is 17.1. The molecular formula is C21H24N4O3. The van der Waals surface area contributed by atoms with Gasteiger partial charge in [0.05, 0.1) is 25.8 Å². The Hall–Kier alpha value is -2.93. The summed E-state index contributed by atoms with van der Waals surface area (Å²) in [5, 5.41) is 8.58. The Kier molecular flexibility index (Phi) is 5.53. The van der Waals surface area contributed by atoms with Gasteiger partial charge in [-0.15, -0.1) is 10.2 Å². The smallest absolute Gasteiger partial charge is 0.249 e. The highest BCUT2D eigenvalue weighted by Crippen LogP contribution is 2.36. The zero-order valence-corrected chi connectivity index (χ0v) is 16.2. The summed E-state index contributed by atoms with van der Waals surface area (Å²) in [7, 11) is 3.33. The van der Waals surface area contributed by atoms with Crippen molar-refractivity contribution in [3.8, 4) is 23.0 Å². The molecule has 1 fully saturated rings. The topological polar surface area (TPSA) is 73.5 Å². The fourth-order valence-electron chi connectivity index (χ4n) is 3.73. The molecule has 0 unspecified atom stereocenters. The number of ether oxygens (including phenoxy) is 2. The van der Waals surface area contributed by atoms with E-state index in [1.165, 1.54) is 0 Å². The van der Waals surface area contributed by atoms with Crippen LogP contribution in [0.4, 0.5) is 0 Å². The number of methoxy groups -OCH3 is 2. The maximum absolute atomic E-state index is 6.02. The molecule has 7 nitrogen and oxygen atoms in total. The Morgan fingerprint density at radius 3 is 2.82 bits per heavy atom. The van der Waals surface area contributed by atoms with Crippen LogP contribution in [-0.4, -0.2) is 40.8 Å². The minimum absolute atomic E-state index is 0.0857. The number of pyridine rings is 1. The van der Waals surface area contributed by atoms with Gasteiger partial charge in [-0.25, -0.2) is 0 Å². The van der Waals surface area contributed by atoms with Crippen LogP contribution in [0, 0.1) is 0 Å². The van der Waals surface area contributed by atoms with Crippen LogP contribution in [0.1, 0.15) is 36.8 Å². The second kappa shape index (κ2) is 8.39. The molecule has 1 aromatic carbocycles. The first-order valence-electron chi connectivity index (χ1n) is 9.48. The molecule has 1 aliphatic rings. The maximum atomic E-state index is 6.02. The predicted molar refractivity (Wildman–Crippen MR) is 104 cm³/mol. The highest BCUT2D eigenvalue weighted by molar-refractivity contribution is 5.50. The summed E-state index contributed by atoms with van der Waals surface area (Å²) in [6.45, 7) is 1.70. The van der Waals surface area contributed by atoms with E-state index in [-0.39, 0.29) is 6.04 Å². The van der Waals surface area contributed by atoms with Crippen molar-refractivity contribution in [2.24, 2.45) is 0 Å². The third-order valence-corrected chi connectivity index (χ3v) is 5.11. The van der Waals surface area contributed by atoms with E-state index in [4.69, 9.17) is 13.9 Å². The number of aromatic nitrogens is 3. The molecule has 3 heterocycles. The second-order valence-electron chi connectivity index (χ2n) is 6.82. The quantitative estimate of drug-likeness (QED) is 0.642. The van der Waals surface area contributed by atoms with Crippen molar-refractivity contribution in [2.45, 2.75) is 31.8 Å². The Morgan fingerprint density at radius 1 is 1.11 bits per heavy atom. The molecule has 1 saturated heterocycles. The molecule has 0 N–H and O–H groups in total. The second-order valence-corrected chi connectivity index (χ2v) is 6.82. The van der Waals surface area contributed by atoms with E-state index >= 15 is 0 Å². The van der Waals surface area contributed by atoms with Gasteiger partial charge < -0.3 is 13.9 Å². The SMILES string of the molecule is COc1cccc(CN2CCCC[C@H]2c2nnc(-c3cccnc3)o2)c1OC. The van der Waals surface area contributed by atoms with E-state index in [2.05, 4.69) is 26.1 Å². The van der Waals surface area contributed by atoms with Crippen LogP contribution >= 0.6 is 0 Å². The molecule has 28 heavy (non-hydrogen) atoms. The first-order valence-corrected chi connectivity index (χ1v) is 9.48. The van der Waals surface area contributed by atoms with Crippen molar-refractivity contribution in [3.05, 3.63) is 54.2 Å². The Balaban J connectivity index is 1.59. The zero-order valence-electron chi connectivity index (χ0n) is 16.2. The summed E-state index contributed by atoms with van der Waals surface area (Å²) in [6, 6.07) is 9.84. The van der Waals surface area contributed by atoms with Gasteiger partial charge in [-0.3, -0.25) is 9.88 Å². The van der Waals surface area contributed by atoms with Gasteiger partial charge in [0, 0.05) is 24.5 Å². The van der Waals surface area contributed by atoms with Crippen molar-refractivity contribution in [3.63, 3.8) is 0 Å². The summed E-state index contributed by atoms with van der Waals surface area (Å²) in [5.41, 5.74) is 1.92. The molecule has 7 heteroatoms. The number of rotatable bonds is 6. The first kappa shape index (κ1) is 18.4. The maximum Gasteiger partial charge on any atom is 0.249 e. The fraction of sp³-hybridized carbons (Fsp3) is 0.381. The number of nitrogens with zero attached hydrogens (tertiary/aromatic N) is 4. The zero-order chi connectivity index (χ0) is 19.3. The molecule has 0 bridgehead atoms. The number of para-hydroxylation sites is 1. The lowest BCUT2D eigenvalue weighted by Crippen LogP contribution is -2.33. The molecule has 3 aromatic rings. The van der Waals surface area contributed by atoms with Crippen molar-refractivity contribution >= 4 is 0 Å². The minimum Gasteiger partial charge on any atom is -0.493 e. The number of hydrogen-bond acceptors (Lipinski definition) is 7. The highest BCUT2D eigenvalue weighted by atomic mass is 16.5. The summed E-state index contributed by atoms with van der Waals surface area (Å²) >= 11 is 0. The van der Waals surface area contributed by atoms with Gasteiger partial charge in [-0.2, -0.15) is 0 Å². The van der Waals surface area contributed by atoms with Gasteiger partial charge in [-0.05, 0) is 37.6 Å². The monoisotopic (exact) mass is 380 g/mol. The minimum atomic E-state index is 0.0857. The van der Waals surface area contributed by atoms with E-state index in [9.17, 15) is 0 Å². The summed E-state index contributed by atoms with van der Waals surface area (Å²) in [4.78, 5) is 6.50. The first-order chi connectivity index (χ1) is 13.8. The van der Waals surface area contributed by atoms with Crippen molar-refractivity contribution in [1.29, 1.82) is 0 Å². The number of benzene rings is 1. The average molecular weight is 380 g/mol. The van der Waals surface area contributed by atoms with E-state index in [1.54, 1.807) is 26.6 Å². The highest BCUT2D eigenvalue weighted by Gasteiger charge is 2.29. The Morgan fingerprint density at radius 2 is 2.04 bits per heavy atom. The number of likely N-dealkylation sites (tertiary alicyclic amines) is 1. The van der Waals surface area contributed by atoms with E-state index in [0.29, 0.717) is 11.8 Å². The van der Waals surface area contributed by atoms with Crippen LogP contribution in [0.15, 0.2) is 47.1 Å². The van der Waals surface area contributed by atoms with Crippen LogP contribution in [0.25, 0.3) is 11.5 Å². The lowest BCUT2D eigenvalue weighted by atomic mass is 10.0. The Bertz CT molecular complexity index is 913. The van der Waals surface area contributed by atoms with E-state index < -0.39 is 0 Å². The molecule has 1 aliphatic heterocycles. The van der Waals surface area contributed by atoms with E-state index in [0.717, 1.165) is 55.0 Å². The third-order valence-electron chi connectivity index (χ3n) is 5.11. The molecular weight excluding hydrogens is 356 g/mol. The molecule has 0 aliphatic carbocycles. The predicted octanol–water partition coefficient (Wildman–Crippen LogP) is 3.88. The van der Waals surface area contributed by atoms with Gasteiger partial charge in [0.2, 0.25) is 11.8 Å². The Labute approximate surface area is 164 Å². The van der Waals surface area contributed by atoms with Gasteiger partial charge in [-0.1, -0.05) is 18.6 Å². The van der Waals surface area contributed by atoms with Crippen LogP contribution in [0.2, 0.25) is 0 Å². The van der Waals surface area contributed by atoms with Gasteiger partial charge >= 0.3 is 0 Å². The number of piperidine rings is 1. The number of hydrogen-bond donors (Lipinski definition) is 0. The molecule has 2 aromatic heterocycles. The summed E-state index contributed by atoms with van der Waals surface area (Å²) in [5.74, 6) is 2.68. The van der Waals surface area contributed by atoms with Crippen molar-refractivity contribution < 1.29 is 13.9 Å². The standard InChI is InChI=1S/C21H24N4O3/c1-26-18-10-5-7-16(19(18)27-2)14-25-12-4-3-9-17(25)21-24-23-20(28-21)15-8-6-11-22-13-15/h5-8,10-11,13,17H,3-4,9,12,14H2,1-2H3/t17-/m0/s1. The van der Waals surface area contributed by atoms with Crippen LogP contribution in [0.3, 0.4) is 0 Å². The molecule has 146 valence electrons. The van der Waals surface area contributed by atoms with E-state index in [1.807, 2.05) is 24.3 Å². The van der Waals surface area contributed by atoms with Gasteiger partial charge in [0.1, 0.15) is 0 Å². The van der Waals surface area contributed by atoms with Crippen molar-refractivity contribution in [2.75, 3.05) is 20.8 Å². The molecule has 0 saturated carbocycles. The van der Waals surface area contributed by atoms with Crippen LogP contribution in [0.5, 0.6) is 11.5 Å². The normalized spacial score (nSPS) is 17.4. The molecule has 0 amide bonds. The lowest BCUT2D eigenvalue weighted by Gasteiger charge is -2.33. The molecule has 0 radical (unpaired) electrons. The van der Waals surface area contributed by atoms with Crippen molar-refractivity contribution in [1.82, 2.24) is 20.1 Å². The largest absolute Gasteiger partial charge is 0.493 e. The third kappa shape index (κ3) is 3.71. The van der Waals surface area contributed by atoms with Gasteiger partial charge in [0.25, 0.3) is 0 Å². The van der Waals surface area contributed by atoms with Gasteiger partial charge in [0.15, 0.2) is 11.5 Å². The average Bonchev–Trinajstić information content (AvgIpc) is 3.24. The summed E-state index contributed by atoms with van der Waals surface area (Å²) in [6.07, 6.45) is 6.73. The molecule has 0 spiro atoms. The molecule has 4 rings (SSSR count). The fourth-order valence-corrected chi connectivity index (χ4v) is 3.73. The van der Waals surface area contributed by atoms with Crippen LogP contribution < -0.4 is 9.47 Å². The lowest BCUT2D eigenvalue weighted by molar-refractivity contribution is 0.117.